The van der Waals surface area contributed by atoms with Gasteiger partial charge in [-0.2, -0.15) is 4.68 Å². The van der Waals surface area contributed by atoms with Crippen LogP contribution in [0.15, 0.2) is 45.3 Å². The van der Waals surface area contributed by atoms with E-state index < -0.39 is 0 Å². The summed E-state index contributed by atoms with van der Waals surface area (Å²) in [4.78, 5) is 4.21. The molecule has 0 saturated carbocycles. The zero-order chi connectivity index (χ0) is 13.1. The molecule has 0 aliphatic heterocycles. The number of methoxy groups -OCH3 is 1. The molecular weight excluding hydrogens is 282 g/mol. The molecule has 0 spiro atoms. The van der Waals surface area contributed by atoms with E-state index in [0.29, 0.717) is 5.16 Å². The van der Waals surface area contributed by atoms with Crippen LogP contribution in [0, 0.1) is 0 Å². The molecule has 0 N–H and O–H groups in total. The van der Waals surface area contributed by atoms with Crippen LogP contribution in [-0.2, 0) is 0 Å². The summed E-state index contributed by atoms with van der Waals surface area (Å²) < 4.78 is 7.71. The lowest BCUT2D eigenvalue weighted by atomic mass is 10.3. The molecule has 0 amide bonds. The molecule has 2 aromatic heterocycles. The van der Waals surface area contributed by atoms with Crippen molar-refractivity contribution in [1.29, 1.82) is 0 Å². The van der Waals surface area contributed by atoms with Gasteiger partial charge in [-0.1, -0.05) is 0 Å². The molecule has 19 heavy (non-hydrogen) atoms. The Bertz CT molecular complexity index is 650. The minimum Gasteiger partial charge on any atom is -0.497 e. The van der Waals surface area contributed by atoms with Crippen molar-refractivity contribution < 1.29 is 4.74 Å². The summed E-state index contributed by atoms with van der Waals surface area (Å²) in [6, 6.07) is 7.55. The first-order chi connectivity index (χ1) is 9.36. The highest BCUT2D eigenvalue weighted by Crippen LogP contribution is 2.28. The van der Waals surface area contributed by atoms with E-state index in [4.69, 9.17) is 4.74 Å². The number of hydrogen-bond donors (Lipinski definition) is 0. The van der Waals surface area contributed by atoms with Crippen LogP contribution in [0.4, 0.5) is 0 Å². The Morgan fingerprint density at radius 3 is 2.79 bits per heavy atom. The molecular formula is C11H9N5OS2. The molecule has 8 heteroatoms. The van der Waals surface area contributed by atoms with Gasteiger partial charge in [-0.3, -0.25) is 0 Å². The summed E-state index contributed by atoms with van der Waals surface area (Å²) in [6.45, 7) is 0. The second-order valence-electron chi connectivity index (χ2n) is 3.47. The van der Waals surface area contributed by atoms with Gasteiger partial charge in [0, 0.05) is 11.6 Å². The van der Waals surface area contributed by atoms with Gasteiger partial charge in [0.15, 0.2) is 4.34 Å². The number of rotatable bonds is 4. The maximum Gasteiger partial charge on any atom is 0.221 e. The predicted octanol–water partition coefficient (Wildman–Crippen LogP) is 2.28. The highest BCUT2D eigenvalue weighted by atomic mass is 32.2. The van der Waals surface area contributed by atoms with E-state index in [1.807, 2.05) is 29.6 Å². The Morgan fingerprint density at radius 1 is 1.26 bits per heavy atom. The van der Waals surface area contributed by atoms with E-state index in [0.717, 1.165) is 15.8 Å². The number of nitrogens with zero attached hydrogens (tertiary/aromatic N) is 5. The minimum atomic E-state index is 0.681. The SMILES string of the molecule is COc1ccc(-n2nnnc2Sc2nccs2)cc1. The van der Waals surface area contributed by atoms with Crippen LogP contribution in [0.5, 0.6) is 5.75 Å². The average Bonchev–Trinajstić information content (AvgIpc) is 3.11. The molecule has 3 aromatic rings. The molecule has 0 saturated heterocycles. The van der Waals surface area contributed by atoms with Gasteiger partial charge in [0.2, 0.25) is 5.16 Å². The fraction of sp³-hybridized carbons (Fsp3) is 0.0909. The van der Waals surface area contributed by atoms with Crippen molar-refractivity contribution >= 4 is 23.1 Å². The fourth-order valence-corrected chi connectivity index (χ4v) is 2.98. The van der Waals surface area contributed by atoms with Crippen LogP contribution < -0.4 is 4.74 Å². The van der Waals surface area contributed by atoms with E-state index in [9.17, 15) is 0 Å². The molecule has 2 heterocycles. The van der Waals surface area contributed by atoms with Gasteiger partial charge in [0.25, 0.3) is 0 Å². The van der Waals surface area contributed by atoms with Crippen LogP contribution in [0.2, 0.25) is 0 Å². The second-order valence-corrected chi connectivity index (χ2v) is 5.58. The van der Waals surface area contributed by atoms with Crippen molar-refractivity contribution in [2.45, 2.75) is 9.50 Å². The summed E-state index contributed by atoms with van der Waals surface area (Å²) in [7, 11) is 1.63. The zero-order valence-electron chi connectivity index (χ0n) is 9.92. The Balaban J connectivity index is 1.90. The van der Waals surface area contributed by atoms with Gasteiger partial charge >= 0.3 is 0 Å². The van der Waals surface area contributed by atoms with Crippen LogP contribution in [0.25, 0.3) is 5.69 Å². The first-order valence-corrected chi connectivity index (χ1v) is 7.06. The summed E-state index contributed by atoms with van der Waals surface area (Å²) in [5.41, 5.74) is 0.879. The third-order valence-electron chi connectivity index (χ3n) is 2.35. The first-order valence-electron chi connectivity index (χ1n) is 5.37. The predicted molar refractivity (Wildman–Crippen MR) is 71.9 cm³/mol. The van der Waals surface area contributed by atoms with Gasteiger partial charge in [-0.25, -0.2) is 4.98 Å². The molecule has 0 atom stereocenters. The van der Waals surface area contributed by atoms with Crippen molar-refractivity contribution in [3.63, 3.8) is 0 Å². The van der Waals surface area contributed by atoms with Gasteiger partial charge in [-0.15, -0.1) is 16.4 Å². The maximum atomic E-state index is 5.13. The van der Waals surface area contributed by atoms with Crippen LogP contribution in [-0.4, -0.2) is 32.3 Å². The molecule has 0 fully saturated rings. The summed E-state index contributed by atoms with van der Waals surface area (Å²) in [6.07, 6.45) is 1.76. The van der Waals surface area contributed by atoms with Crippen molar-refractivity contribution in [2.75, 3.05) is 7.11 Å². The molecule has 3 rings (SSSR count). The van der Waals surface area contributed by atoms with Crippen molar-refractivity contribution in [3.05, 3.63) is 35.8 Å². The Labute approximate surface area is 117 Å². The number of ether oxygens (including phenoxy) is 1. The topological polar surface area (TPSA) is 65.7 Å². The lowest BCUT2D eigenvalue weighted by molar-refractivity contribution is 0.414. The number of thiazole rings is 1. The molecule has 0 aliphatic carbocycles. The van der Waals surface area contributed by atoms with Gasteiger partial charge in [-0.05, 0) is 46.5 Å². The Hall–Kier alpha value is -1.93. The standard InChI is InChI=1S/C11H9N5OS2/c1-17-9-4-2-8(3-5-9)16-10(13-14-15-16)19-11-12-6-7-18-11/h2-7H,1H3. The van der Waals surface area contributed by atoms with Crippen LogP contribution in [0.1, 0.15) is 0 Å². The van der Waals surface area contributed by atoms with E-state index in [1.165, 1.54) is 11.8 Å². The molecule has 0 bridgehead atoms. The average molecular weight is 291 g/mol. The summed E-state index contributed by atoms with van der Waals surface area (Å²) in [5.74, 6) is 0.797. The number of hydrogen-bond acceptors (Lipinski definition) is 7. The third-order valence-corrected chi connectivity index (χ3v) is 4.17. The summed E-state index contributed by atoms with van der Waals surface area (Å²) >= 11 is 2.99. The van der Waals surface area contributed by atoms with Crippen LogP contribution >= 0.6 is 23.1 Å². The molecule has 6 nitrogen and oxygen atoms in total. The molecule has 0 aliphatic rings. The zero-order valence-corrected chi connectivity index (χ0v) is 11.6. The Kier molecular flexibility index (Phi) is 3.43. The number of benzene rings is 1. The number of aromatic nitrogens is 5. The van der Waals surface area contributed by atoms with E-state index in [2.05, 4.69) is 20.5 Å². The quantitative estimate of drug-likeness (QED) is 0.734. The lowest BCUT2D eigenvalue weighted by Gasteiger charge is -2.04. The van der Waals surface area contributed by atoms with Crippen molar-refractivity contribution in [3.8, 4) is 11.4 Å². The monoisotopic (exact) mass is 291 g/mol. The number of tetrazole rings is 1. The van der Waals surface area contributed by atoms with Gasteiger partial charge in [0.1, 0.15) is 5.75 Å². The highest BCUT2D eigenvalue weighted by molar-refractivity contribution is 8.00. The fourth-order valence-electron chi connectivity index (χ4n) is 1.47. The van der Waals surface area contributed by atoms with Crippen molar-refractivity contribution in [1.82, 2.24) is 25.2 Å². The normalized spacial score (nSPS) is 10.6. The van der Waals surface area contributed by atoms with Gasteiger partial charge in [0.05, 0.1) is 12.8 Å². The second kappa shape index (κ2) is 5.37. The lowest BCUT2D eigenvalue weighted by Crippen LogP contribution is -1.98. The smallest absolute Gasteiger partial charge is 0.221 e. The summed E-state index contributed by atoms with van der Waals surface area (Å²) in [5, 5.41) is 14.3. The third kappa shape index (κ3) is 2.59. The highest BCUT2D eigenvalue weighted by Gasteiger charge is 2.11. The van der Waals surface area contributed by atoms with Crippen LogP contribution in [0.3, 0.4) is 0 Å². The molecule has 1 aromatic carbocycles. The molecule has 96 valence electrons. The molecule has 0 radical (unpaired) electrons. The first kappa shape index (κ1) is 12.1. The maximum absolute atomic E-state index is 5.13. The van der Waals surface area contributed by atoms with E-state index >= 15 is 0 Å². The van der Waals surface area contributed by atoms with E-state index in [-0.39, 0.29) is 0 Å². The minimum absolute atomic E-state index is 0.681. The largest absolute Gasteiger partial charge is 0.497 e. The van der Waals surface area contributed by atoms with Crippen molar-refractivity contribution in [2.24, 2.45) is 0 Å². The molecule has 0 unspecified atom stereocenters. The van der Waals surface area contributed by atoms with E-state index in [1.54, 1.807) is 29.3 Å². The Morgan fingerprint density at radius 2 is 2.11 bits per heavy atom. The van der Waals surface area contributed by atoms with Gasteiger partial charge < -0.3 is 4.74 Å².